The first kappa shape index (κ1) is 30.8. The molecule has 0 atom stereocenters. The average molecular weight is 647 g/mol. The maximum Gasteiger partial charge on any atom is 0.258 e. The topological polar surface area (TPSA) is 121 Å². The largest absolute Gasteiger partial charge is 0.491 e. The van der Waals surface area contributed by atoms with Crippen molar-refractivity contribution < 1.29 is 14.3 Å². The summed E-state index contributed by atoms with van der Waals surface area (Å²) >= 11 is 0. The van der Waals surface area contributed by atoms with Crippen LogP contribution in [0.3, 0.4) is 0 Å². The SMILES string of the molecule is Cc1cc2cc(n1)-c1cncc(C#N)c1OCCCCCn1c(nc3ccc(N4CCC5(CC4)CCN(C4COC4)CC5)cc31)NC2=O. The zero-order chi connectivity index (χ0) is 32.7. The predicted molar refractivity (Wildman–Crippen MR) is 183 cm³/mol. The number of rotatable bonds is 2. The second-order valence-corrected chi connectivity index (χ2v) is 13.9. The molecule has 1 spiro atoms. The molecule has 1 amide bonds. The Morgan fingerprint density at radius 1 is 0.958 bits per heavy atom. The van der Waals surface area contributed by atoms with Gasteiger partial charge in [0, 0.05) is 49.0 Å². The minimum absolute atomic E-state index is 0.266. The molecule has 48 heavy (non-hydrogen) atoms. The van der Waals surface area contributed by atoms with E-state index in [0.29, 0.717) is 64.4 Å². The number of piperidine rings is 2. The molecule has 1 aromatic carbocycles. The number of carbonyl (C=O) groups is 1. The Balaban J connectivity index is 1.05. The summed E-state index contributed by atoms with van der Waals surface area (Å²) in [6.07, 6.45) is 10.8. The third kappa shape index (κ3) is 5.88. The first-order valence-electron chi connectivity index (χ1n) is 17.4. The quantitative estimate of drug-likeness (QED) is 0.298. The summed E-state index contributed by atoms with van der Waals surface area (Å²) < 4.78 is 13.8. The molecule has 0 aliphatic carbocycles. The lowest BCUT2D eigenvalue weighted by Crippen LogP contribution is -2.54. The van der Waals surface area contributed by atoms with Gasteiger partial charge in [-0.1, -0.05) is 0 Å². The number of hydrogen-bond donors (Lipinski definition) is 1. The fraction of sp³-hybridized carbons (Fsp3) is 0.486. The van der Waals surface area contributed by atoms with Gasteiger partial charge in [0.05, 0.1) is 48.2 Å². The number of pyridine rings is 2. The number of nitrogens with one attached hydrogen (secondary N) is 1. The number of nitrogens with zero attached hydrogens (tertiary/aromatic N) is 7. The normalized spacial score (nSPS) is 20.4. The second-order valence-electron chi connectivity index (χ2n) is 13.9. The number of fused-ring (bicyclic) bond motifs is 7. The van der Waals surface area contributed by atoms with Gasteiger partial charge in [0.15, 0.2) is 0 Å². The van der Waals surface area contributed by atoms with Gasteiger partial charge in [0.1, 0.15) is 17.4 Å². The lowest BCUT2D eigenvalue weighted by atomic mass is 9.71. The molecule has 4 aliphatic heterocycles. The zero-order valence-corrected chi connectivity index (χ0v) is 27.6. The van der Waals surface area contributed by atoms with Crippen molar-refractivity contribution in [3.63, 3.8) is 0 Å². The number of anilines is 2. The third-order valence-electron chi connectivity index (χ3n) is 10.9. The summed E-state index contributed by atoms with van der Waals surface area (Å²) in [5.74, 6) is 0.734. The van der Waals surface area contributed by atoms with Gasteiger partial charge in [0.2, 0.25) is 5.95 Å². The highest BCUT2D eigenvalue weighted by Crippen LogP contribution is 2.43. The van der Waals surface area contributed by atoms with Gasteiger partial charge in [-0.2, -0.15) is 5.26 Å². The molecule has 11 nitrogen and oxygen atoms in total. The molecular weight excluding hydrogens is 604 g/mol. The molecule has 3 fully saturated rings. The summed E-state index contributed by atoms with van der Waals surface area (Å²) in [6.45, 7) is 9.36. The van der Waals surface area contributed by atoms with E-state index in [4.69, 9.17) is 14.5 Å². The Morgan fingerprint density at radius 3 is 2.54 bits per heavy atom. The van der Waals surface area contributed by atoms with Crippen LogP contribution in [0.25, 0.3) is 22.3 Å². The first-order valence-corrected chi connectivity index (χ1v) is 17.4. The monoisotopic (exact) mass is 646 g/mol. The van der Waals surface area contributed by atoms with Crippen LogP contribution in [-0.4, -0.2) is 82.4 Å². The van der Waals surface area contributed by atoms with E-state index in [1.165, 1.54) is 50.7 Å². The molecular formula is C37H42N8O3. The Hall–Kier alpha value is -4.53. The summed E-state index contributed by atoms with van der Waals surface area (Å²) in [5.41, 5.74) is 6.19. The van der Waals surface area contributed by atoms with E-state index in [2.05, 4.69) is 53.9 Å². The van der Waals surface area contributed by atoms with Crippen LogP contribution in [0.5, 0.6) is 5.75 Å². The van der Waals surface area contributed by atoms with Crippen LogP contribution >= 0.6 is 0 Å². The van der Waals surface area contributed by atoms with Gasteiger partial charge in [-0.05, 0) is 101 Å². The first-order chi connectivity index (χ1) is 23.5. The van der Waals surface area contributed by atoms with Crippen molar-refractivity contribution in [3.8, 4) is 23.1 Å². The highest BCUT2D eigenvalue weighted by Gasteiger charge is 2.40. The molecule has 3 saturated heterocycles. The molecule has 4 aromatic rings. The number of carbonyl (C=O) groups excluding carboxylic acids is 1. The molecule has 7 heterocycles. The van der Waals surface area contributed by atoms with Crippen LogP contribution in [0.4, 0.5) is 11.6 Å². The lowest BCUT2D eigenvalue weighted by molar-refractivity contribution is -0.0834. The van der Waals surface area contributed by atoms with Gasteiger partial charge in [-0.15, -0.1) is 0 Å². The van der Waals surface area contributed by atoms with Crippen LogP contribution in [0.1, 0.15) is 66.6 Å². The van der Waals surface area contributed by atoms with Crippen molar-refractivity contribution in [2.75, 3.05) is 56.2 Å². The Labute approximate surface area is 280 Å². The van der Waals surface area contributed by atoms with E-state index in [1.807, 2.05) is 6.92 Å². The van der Waals surface area contributed by atoms with E-state index in [-0.39, 0.29) is 5.91 Å². The number of likely N-dealkylation sites (tertiary alicyclic amines) is 1. The summed E-state index contributed by atoms with van der Waals surface area (Å²) in [6, 6.07) is 12.9. The van der Waals surface area contributed by atoms with E-state index in [0.717, 1.165) is 56.6 Å². The Kier molecular flexibility index (Phi) is 8.22. The van der Waals surface area contributed by atoms with Crippen molar-refractivity contribution in [2.24, 2.45) is 5.41 Å². The number of aryl methyl sites for hydroxylation is 2. The molecule has 0 radical (unpaired) electrons. The average Bonchev–Trinajstić information content (AvgIpc) is 3.42. The molecule has 2 bridgehead atoms. The number of benzene rings is 1. The molecule has 11 heteroatoms. The summed E-state index contributed by atoms with van der Waals surface area (Å²) in [7, 11) is 0. The number of nitriles is 1. The van der Waals surface area contributed by atoms with Crippen molar-refractivity contribution in [1.29, 1.82) is 5.26 Å². The number of amides is 1. The highest BCUT2D eigenvalue weighted by molar-refractivity contribution is 6.05. The minimum Gasteiger partial charge on any atom is -0.491 e. The number of hydrogen-bond acceptors (Lipinski definition) is 9. The number of aromatic nitrogens is 4. The standard InChI is InChI=1S/C37H42N8O3/c1-25-17-26-18-32(40-25)30-22-39-21-27(20-38)34(30)48-16-4-2-3-11-45-33-19-28(5-6-31(33)41-36(45)42-35(26)46)43-12-7-37(8-13-43)9-14-44(15-10-37)29-23-47-24-29/h5-6,17-19,21-22,29H,2-4,7-16,23-24H2,1H3,(H,41,42,46). The van der Waals surface area contributed by atoms with Crippen LogP contribution in [-0.2, 0) is 11.3 Å². The van der Waals surface area contributed by atoms with Crippen molar-refractivity contribution >= 4 is 28.6 Å². The van der Waals surface area contributed by atoms with Crippen LogP contribution in [0, 0.1) is 23.7 Å². The zero-order valence-electron chi connectivity index (χ0n) is 27.6. The smallest absolute Gasteiger partial charge is 0.258 e. The predicted octanol–water partition coefficient (Wildman–Crippen LogP) is 5.57. The summed E-state index contributed by atoms with van der Waals surface area (Å²) in [4.78, 5) is 32.8. The van der Waals surface area contributed by atoms with Crippen molar-refractivity contribution in [3.05, 3.63) is 59.5 Å². The summed E-state index contributed by atoms with van der Waals surface area (Å²) in [5, 5.41) is 12.9. The molecule has 8 rings (SSSR count). The maximum atomic E-state index is 13.8. The lowest BCUT2D eigenvalue weighted by Gasteiger charge is -2.50. The molecule has 3 aromatic heterocycles. The van der Waals surface area contributed by atoms with Crippen LogP contribution < -0.4 is 15.0 Å². The van der Waals surface area contributed by atoms with Gasteiger partial charge in [-0.25, -0.2) is 4.98 Å². The minimum atomic E-state index is -0.266. The highest BCUT2D eigenvalue weighted by atomic mass is 16.5. The van der Waals surface area contributed by atoms with E-state index in [9.17, 15) is 10.1 Å². The van der Waals surface area contributed by atoms with E-state index < -0.39 is 0 Å². The van der Waals surface area contributed by atoms with Gasteiger partial charge >= 0.3 is 0 Å². The number of ether oxygens (including phenoxy) is 2. The van der Waals surface area contributed by atoms with Gasteiger partial charge < -0.3 is 18.9 Å². The molecule has 0 saturated carbocycles. The number of imidazole rings is 1. The van der Waals surface area contributed by atoms with E-state index >= 15 is 0 Å². The molecule has 4 aliphatic rings. The van der Waals surface area contributed by atoms with Crippen LogP contribution in [0.2, 0.25) is 0 Å². The van der Waals surface area contributed by atoms with Crippen molar-refractivity contribution in [1.82, 2.24) is 24.4 Å². The second kappa shape index (κ2) is 12.8. The fourth-order valence-corrected chi connectivity index (χ4v) is 7.87. The van der Waals surface area contributed by atoms with E-state index in [1.54, 1.807) is 18.3 Å². The molecule has 0 unspecified atom stereocenters. The Bertz CT molecular complexity index is 1880. The Morgan fingerprint density at radius 2 is 1.77 bits per heavy atom. The third-order valence-corrected chi connectivity index (χ3v) is 10.9. The fourth-order valence-electron chi connectivity index (χ4n) is 7.87. The molecule has 1 N–H and O–H groups in total. The van der Waals surface area contributed by atoms with Gasteiger partial charge in [0.25, 0.3) is 5.91 Å². The maximum absolute atomic E-state index is 13.8. The van der Waals surface area contributed by atoms with Crippen molar-refractivity contribution in [2.45, 2.75) is 64.5 Å². The molecule has 248 valence electrons. The van der Waals surface area contributed by atoms with Gasteiger partial charge in [-0.3, -0.25) is 25.0 Å². The van der Waals surface area contributed by atoms with Crippen LogP contribution in [0.15, 0.2) is 42.7 Å².